The van der Waals surface area contributed by atoms with Crippen molar-refractivity contribution in [1.82, 2.24) is 16.0 Å². The summed E-state index contributed by atoms with van der Waals surface area (Å²) in [6.07, 6.45) is 2.84. The maximum absolute atomic E-state index is 12.1. The van der Waals surface area contributed by atoms with E-state index in [1.54, 1.807) is 0 Å². The van der Waals surface area contributed by atoms with Crippen LogP contribution in [0.25, 0.3) is 0 Å². The van der Waals surface area contributed by atoms with Gasteiger partial charge in [0.2, 0.25) is 24.1 Å². The van der Waals surface area contributed by atoms with Crippen molar-refractivity contribution in [2.45, 2.75) is 44.2 Å². The lowest BCUT2D eigenvalue weighted by Gasteiger charge is -2.17. The average molecular weight is 386 g/mol. The highest BCUT2D eigenvalue weighted by atomic mass is 16.2. The lowest BCUT2D eigenvalue weighted by atomic mass is 10.1. The Labute approximate surface area is 157 Å². The molecule has 0 aromatic heterocycles. The van der Waals surface area contributed by atoms with Crippen molar-refractivity contribution in [2.24, 2.45) is 27.9 Å². The number of guanidine groups is 1. The zero-order valence-corrected chi connectivity index (χ0v) is 15.3. The number of nitrogens with two attached hydrogens (primary N) is 4. The molecule has 0 saturated heterocycles. The number of carbonyl (C=O) groups excluding carboxylic acids is 4. The SMILES string of the molecule is NCCCCC(NC(=O)CNC(=O)C(CCCN=C(N)N)NC=O)C(N)=O. The van der Waals surface area contributed by atoms with Crippen LogP contribution in [0.2, 0.25) is 0 Å². The Balaban J connectivity index is 4.42. The minimum Gasteiger partial charge on any atom is -0.370 e. The molecular formula is C15H30N8O4. The Kier molecular flexibility index (Phi) is 12.8. The maximum Gasteiger partial charge on any atom is 0.243 e. The van der Waals surface area contributed by atoms with Gasteiger partial charge in [0, 0.05) is 6.54 Å². The van der Waals surface area contributed by atoms with Crippen molar-refractivity contribution in [2.75, 3.05) is 19.6 Å². The molecule has 12 heteroatoms. The minimum atomic E-state index is -0.832. The van der Waals surface area contributed by atoms with Gasteiger partial charge in [-0.25, -0.2) is 0 Å². The zero-order chi connectivity index (χ0) is 20.7. The van der Waals surface area contributed by atoms with Crippen LogP contribution in [-0.4, -0.2) is 61.8 Å². The first-order chi connectivity index (χ1) is 12.8. The molecule has 154 valence electrons. The largest absolute Gasteiger partial charge is 0.370 e. The normalized spacial score (nSPS) is 12.3. The summed E-state index contributed by atoms with van der Waals surface area (Å²) < 4.78 is 0. The Morgan fingerprint density at radius 1 is 1.00 bits per heavy atom. The van der Waals surface area contributed by atoms with E-state index in [1.165, 1.54) is 0 Å². The third-order valence-corrected chi connectivity index (χ3v) is 3.58. The second-order valence-electron chi connectivity index (χ2n) is 5.81. The second-order valence-corrected chi connectivity index (χ2v) is 5.81. The van der Waals surface area contributed by atoms with E-state index in [0.717, 1.165) is 0 Å². The molecule has 0 heterocycles. The smallest absolute Gasteiger partial charge is 0.243 e. The Morgan fingerprint density at radius 2 is 1.67 bits per heavy atom. The van der Waals surface area contributed by atoms with E-state index in [2.05, 4.69) is 20.9 Å². The predicted molar refractivity (Wildman–Crippen MR) is 99.9 cm³/mol. The molecule has 0 bridgehead atoms. The first-order valence-electron chi connectivity index (χ1n) is 8.63. The number of carbonyl (C=O) groups is 4. The number of amides is 4. The summed E-state index contributed by atoms with van der Waals surface area (Å²) in [5.41, 5.74) is 21.0. The highest BCUT2D eigenvalue weighted by Crippen LogP contribution is 2.00. The molecule has 0 saturated carbocycles. The number of nitrogens with one attached hydrogen (secondary N) is 3. The van der Waals surface area contributed by atoms with Gasteiger partial charge in [-0.3, -0.25) is 24.2 Å². The third-order valence-electron chi connectivity index (χ3n) is 3.58. The fourth-order valence-corrected chi connectivity index (χ4v) is 2.19. The van der Waals surface area contributed by atoms with Gasteiger partial charge in [0.05, 0.1) is 6.54 Å². The van der Waals surface area contributed by atoms with E-state index in [1.807, 2.05) is 0 Å². The molecular weight excluding hydrogens is 356 g/mol. The van der Waals surface area contributed by atoms with Gasteiger partial charge in [0.25, 0.3) is 0 Å². The van der Waals surface area contributed by atoms with Crippen LogP contribution in [-0.2, 0) is 19.2 Å². The lowest BCUT2D eigenvalue weighted by Crippen LogP contribution is -2.50. The monoisotopic (exact) mass is 386 g/mol. The van der Waals surface area contributed by atoms with Gasteiger partial charge < -0.3 is 38.9 Å². The molecule has 2 unspecified atom stereocenters. The summed E-state index contributed by atoms with van der Waals surface area (Å²) in [5.74, 6) is -1.83. The van der Waals surface area contributed by atoms with Crippen molar-refractivity contribution in [1.29, 1.82) is 0 Å². The van der Waals surface area contributed by atoms with Crippen molar-refractivity contribution in [3.05, 3.63) is 0 Å². The Morgan fingerprint density at radius 3 is 2.22 bits per heavy atom. The van der Waals surface area contributed by atoms with Crippen molar-refractivity contribution >= 4 is 30.1 Å². The fourth-order valence-electron chi connectivity index (χ4n) is 2.19. The van der Waals surface area contributed by atoms with Gasteiger partial charge in [0.1, 0.15) is 12.1 Å². The van der Waals surface area contributed by atoms with E-state index in [0.29, 0.717) is 45.2 Å². The van der Waals surface area contributed by atoms with E-state index in [4.69, 9.17) is 22.9 Å². The van der Waals surface area contributed by atoms with Gasteiger partial charge >= 0.3 is 0 Å². The molecule has 0 spiro atoms. The summed E-state index contributed by atoms with van der Waals surface area (Å²) in [7, 11) is 0. The summed E-state index contributed by atoms with van der Waals surface area (Å²) in [6.45, 7) is 0.421. The first-order valence-corrected chi connectivity index (χ1v) is 8.63. The van der Waals surface area contributed by atoms with Gasteiger partial charge in [-0.2, -0.15) is 0 Å². The number of aliphatic imine (C=N–C) groups is 1. The number of primary amides is 1. The number of nitrogens with zero attached hydrogens (tertiary/aromatic N) is 1. The van der Waals surface area contributed by atoms with Gasteiger partial charge in [-0.15, -0.1) is 0 Å². The van der Waals surface area contributed by atoms with Crippen LogP contribution in [0.15, 0.2) is 4.99 Å². The molecule has 0 aliphatic heterocycles. The number of unbranched alkanes of at least 4 members (excludes halogenated alkanes) is 1. The average Bonchev–Trinajstić information content (AvgIpc) is 2.61. The number of hydrogen-bond acceptors (Lipinski definition) is 6. The van der Waals surface area contributed by atoms with Crippen LogP contribution < -0.4 is 38.9 Å². The molecule has 12 nitrogen and oxygen atoms in total. The molecule has 0 aromatic rings. The van der Waals surface area contributed by atoms with Crippen LogP contribution in [0.5, 0.6) is 0 Å². The van der Waals surface area contributed by atoms with Crippen LogP contribution in [0.3, 0.4) is 0 Å². The van der Waals surface area contributed by atoms with Crippen molar-refractivity contribution < 1.29 is 19.2 Å². The molecule has 27 heavy (non-hydrogen) atoms. The lowest BCUT2D eigenvalue weighted by molar-refractivity contribution is -0.130. The van der Waals surface area contributed by atoms with Crippen molar-refractivity contribution in [3.63, 3.8) is 0 Å². The van der Waals surface area contributed by atoms with E-state index in [-0.39, 0.29) is 18.9 Å². The van der Waals surface area contributed by atoms with E-state index >= 15 is 0 Å². The molecule has 4 amide bonds. The van der Waals surface area contributed by atoms with Crippen LogP contribution in [0.1, 0.15) is 32.1 Å². The molecule has 0 aliphatic carbocycles. The molecule has 11 N–H and O–H groups in total. The van der Waals surface area contributed by atoms with Crippen LogP contribution in [0.4, 0.5) is 0 Å². The fraction of sp³-hybridized carbons (Fsp3) is 0.667. The highest BCUT2D eigenvalue weighted by molar-refractivity contribution is 5.91. The summed E-state index contributed by atoms with van der Waals surface area (Å²) in [4.78, 5) is 49.8. The highest BCUT2D eigenvalue weighted by Gasteiger charge is 2.20. The zero-order valence-electron chi connectivity index (χ0n) is 15.3. The minimum absolute atomic E-state index is 0.0634. The van der Waals surface area contributed by atoms with Gasteiger partial charge in [-0.1, -0.05) is 0 Å². The predicted octanol–water partition coefficient (Wildman–Crippen LogP) is -3.63. The molecule has 0 radical (unpaired) electrons. The molecule has 0 aliphatic rings. The van der Waals surface area contributed by atoms with Gasteiger partial charge in [-0.05, 0) is 38.6 Å². The second kappa shape index (κ2) is 14.3. The van der Waals surface area contributed by atoms with Crippen LogP contribution >= 0.6 is 0 Å². The van der Waals surface area contributed by atoms with E-state index < -0.39 is 29.8 Å². The van der Waals surface area contributed by atoms with E-state index in [9.17, 15) is 19.2 Å². The Hall–Kier alpha value is -2.89. The molecule has 0 rings (SSSR count). The van der Waals surface area contributed by atoms with Crippen LogP contribution in [0, 0.1) is 0 Å². The first kappa shape index (κ1) is 24.1. The number of rotatable bonds is 15. The molecule has 0 aromatic carbocycles. The van der Waals surface area contributed by atoms with Crippen molar-refractivity contribution in [3.8, 4) is 0 Å². The third kappa shape index (κ3) is 12.2. The quantitative estimate of drug-likeness (QED) is 0.0646. The Bertz CT molecular complexity index is 522. The topological polar surface area (TPSA) is 221 Å². The maximum atomic E-state index is 12.1. The summed E-state index contributed by atoms with van der Waals surface area (Å²) >= 11 is 0. The van der Waals surface area contributed by atoms with Gasteiger partial charge in [0.15, 0.2) is 5.96 Å². The standard InChI is InChI=1S/C15H30N8O4/c16-6-2-1-4-10(13(17)26)23-12(25)8-21-14(27)11(22-9-24)5-3-7-20-15(18)19/h9-11H,1-8,16H2,(H2,17,26)(H,21,27)(H,22,24)(H,23,25)(H4,18,19,20). The summed E-state index contributed by atoms with van der Waals surface area (Å²) in [5, 5.41) is 7.23. The molecule has 0 fully saturated rings. The molecule has 2 atom stereocenters. The number of hydrogen-bond donors (Lipinski definition) is 7. The summed E-state index contributed by atoms with van der Waals surface area (Å²) in [6, 6.07) is -1.66.